The molecule has 2 rings (SSSR count). The molecule has 1 aliphatic rings. The van der Waals surface area contributed by atoms with Gasteiger partial charge >= 0.3 is 0 Å². The molecular formula is C17H27NO5S. The molecule has 1 aromatic carbocycles. The first kappa shape index (κ1) is 19.2. The number of rotatable bonds is 9. The fraction of sp³-hybridized carbons (Fsp3) is 0.647. The van der Waals surface area contributed by atoms with Crippen LogP contribution in [0.25, 0.3) is 0 Å². The third-order valence-electron chi connectivity index (χ3n) is 4.39. The van der Waals surface area contributed by atoms with Gasteiger partial charge in [0.15, 0.2) is 0 Å². The minimum Gasteiger partial charge on any atom is -0.497 e. The molecule has 0 bridgehead atoms. The second-order valence-electron chi connectivity index (χ2n) is 6.12. The van der Waals surface area contributed by atoms with E-state index >= 15 is 0 Å². The summed E-state index contributed by atoms with van der Waals surface area (Å²) < 4.78 is 37.0. The van der Waals surface area contributed by atoms with Gasteiger partial charge in [0.05, 0.1) is 19.0 Å². The van der Waals surface area contributed by atoms with Crippen molar-refractivity contribution >= 4 is 10.0 Å². The van der Waals surface area contributed by atoms with Crippen LogP contribution in [0.4, 0.5) is 0 Å². The summed E-state index contributed by atoms with van der Waals surface area (Å²) in [5, 5.41) is 10.1. The highest BCUT2D eigenvalue weighted by Crippen LogP contribution is 2.20. The van der Waals surface area contributed by atoms with Gasteiger partial charge in [0.25, 0.3) is 0 Å². The predicted molar refractivity (Wildman–Crippen MR) is 92.7 cm³/mol. The molecule has 0 saturated carbocycles. The zero-order chi connectivity index (χ0) is 17.4. The Kier molecular flexibility index (Phi) is 7.48. The maximum absolute atomic E-state index is 12.0. The molecule has 1 fully saturated rings. The van der Waals surface area contributed by atoms with Crippen LogP contribution in [0, 0.1) is 5.92 Å². The van der Waals surface area contributed by atoms with Crippen LogP contribution in [0.5, 0.6) is 5.75 Å². The van der Waals surface area contributed by atoms with Crippen molar-refractivity contribution in [1.82, 2.24) is 4.72 Å². The summed E-state index contributed by atoms with van der Waals surface area (Å²) in [6.07, 6.45) is 2.09. The van der Waals surface area contributed by atoms with Crippen molar-refractivity contribution < 1.29 is 23.0 Å². The summed E-state index contributed by atoms with van der Waals surface area (Å²) in [6.45, 7) is 1.62. The van der Waals surface area contributed by atoms with Crippen LogP contribution in [0.2, 0.25) is 0 Å². The number of hydrogen-bond acceptors (Lipinski definition) is 5. The summed E-state index contributed by atoms with van der Waals surface area (Å²) in [4.78, 5) is 0. The molecule has 0 radical (unpaired) electrons. The number of sulfonamides is 1. The maximum Gasteiger partial charge on any atom is 0.211 e. The minimum atomic E-state index is -3.34. The second-order valence-corrected chi connectivity index (χ2v) is 8.04. The van der Waals surface area contributed by atoms with Crippen molar-refractivity contribution in [3.63, 3.8) is 0 Å². The fourth-order valence-corrected chi connectivity index (χ4v) is 3.89. The van der Waals surface area contributed by atoms with E-state index in [1.54, 1.807) is 7.11 Å². The van der Waals surface area contributed by atoms with Gasteiger partial charge in [0.2, 0.25) is 10.0 Å². The van der Waals surface area contributed by atoms with Crippen LogP contribution in [-0.2, 0) is 21.2 Å². The molecule has 1 heterocycles. The lowest BCUT2D eigenvalue weighted by Gasteiger charge is -2.26. The van der Waals surface area contributed by atoms with Gasteiger partial charge in [0, 0.05) is 19.8 Å². The monoisotopic (exact) mass is 357 g/mol. The molecule has 0 aromatic heterocycles. The molecule has 1 aliphatic heterocycles. The zero-order valence-corrected chi connectivity index (χ0v) is 14.9. The molecule has 136 valence electrons. The zero-order valence-electron chi connectivity index (χ0n) is 14.1. The van der Waals surface area contributed by atoms with Crippen LogP contribution in [0.1, 0.15) is 24.8 Å². The highest BCUT2D eigenvalue weighted by atomic mass is 32.2. The van der Waals surface area contributed by atoms with Gasteiger partial charge in [-0.15, -0.1) is 0 Å². The molecule has 6 nitrogen and oxygen atoms in total. The van der Waals surface area contributed by atoms with E-state index in [2.05, 4.69) is 4.72 Å². The Hall–Kier alpha value is -1.15. The van der Waals surface area contributed by atoms with Gasteiger partial charge in [-0.25, -0.2) is 13.1 Å². The van der Waals surface area contributed by atoms with E-state index in [1.165, 1.54) is 0 Å². The molecule has 0 spiro atoms. The molecule has 1 atom stereocenters. The van der Waals surface area contributed by atoms with Crippen molar-refractivity contribution in [1.29, 1.82) is 0 Å². The third-order valence-corrected chi connectivity index (χ3v) is 5.78. The van der Waals surface area contributed by atoms with Gasteiger partial charge < -0.3 is 14.6 Å². The number of hydrogen-bond donors (Lipinski definition) is 2. The number of aliphatic hydroxyl groups excluding tert-OH is 1. The van der Waals surface area contributed by atoms with Crippen molar-refractivity contribution in [2.45, 2.75) is 31.8 Å². The van der Waals surface area contributed by atoms with Gasteiger partial charge in [-0.2, -0.15) is 0 Å². The quantitative estimate of drug-likeness (QED) is 0.697. The van der Waals surface area contributed by atoms with E-state index in [4.69, 9.17) is 9.47 Å². The first-order valence-electron chi connectivity index (χ1n) is 8.36. The van der Waals surface area contributed by atoms with E-state index < -0.39 is 16.1 Å². The van der Waals surface area contributed by atoms with Crippen LogP contribution in [-0.4, -0.2) is 52.2 Å². The lowest BCUT2D eigenvalue weighted by molar-refractivity contribution is 0.00567. The molecule has 7 heteroatoms. The number of aryl methyl sites for hydroxylation is 1. The lowest BCUT2D eigenvalue weighted by atomic mass is 9.92. The summed E-state index contributed by atoms with van der Waals surface area (Å²) in [7, 11) is -1.74. The van der Waals surface area contributed by atoms with Gasteiger partial charge in [0.1, 0.15) is 5.75 Å². The van der Waals surface area contributed by atoms with E-state index in [0.29, 0.717) is 26.1 Å². The molecule has 0 unspecified atom stereocenters. The number of benzene rings is 1. The highest BCUT2D eigenvalue weighted by molar-refractivity contribution is 7.89. The van der Waals surface area contributed by atoms with E-state index in [0.717, 1.165) is 24.2 Å². The molecule has 0 amide bonds. The van der Waals surface area contributed by atoms with Gasteiger partial charge in [-0.05, 0) is 49.3 Å². The Morgan fingerprint density at radius 2 is 1.96 bits per heavy atom. The third kappa shape index (κ3) is 6.39. The lowest BCUT2D eigenvalue weighted by Crippen LogP contribution is -2.33. The van der Waals surface area contributed by atoms with E-state index in [9.17, 15) is 13.5 Å². The predicted octanol–water partition coefficient (Wildman–Crippen LogP) is 1.33. The SMILES string of the molecule is COc1ccc(CCS(=O)(=O)NCC[C@@H](O)C2CCOCC2)cc1. The second kappa shape index (κ2) is 9.36. The molecule has 24 heavy (non-hydrogen) atoms. The molecule has 1 aromatic rings. The average Bonchev–Trinajstić information content (AvgIpc) is 2.61. The largest absolute Gasteiger partial charge is 0.497 e. The van der Waals surface area contributed by atoms with Crippen molar-refractivity contribution in [3.8, 4) is 5.75 Å². The first-order valence-corrected chi connectivity index (χ1v) is 10.0. The van der Waals surface area contributed by atoms with Crippen LogP contribution < -0.4 is 9.46 Å². The molecule has 1 saturated heterocycles. The number of nitrogens with one attached hydrogen (secondary N) is 1. The van der Waals surface area contributed by atoms with Crippen LogP contribution >= 0.6 is 0 Å². The molecular weight excluding hydrogens is 330 g/mol. The van der Waals surface area contributed by atoms with E-state index in [-0.39, 0.29) is 18.2 Å². The smallest absolute Gasteiger partial charge is 0.211 e. The van der Waals surface area contributed by atoms with Crippen molar-refractivity contribution in [2.75, 3.05) is 32.6 Å². The van der Waals surface area contributed by atoms with Gasteiger partial charge in [-0.1, -0.05) is 12.1 Å². The summed E-state index contributed by atoms with van der Waals surface area (Å²) >= 11 is 0. The summed E-state index contributed by atoms with van der Waals surface area (Å²) in [6, 6.07) is 7.37. The Bertz CT molecular complexity index is 582. The standard InChI is InChI=1S/C17H27NO5S/c1-22-16-4-2-14(3-5-16)9-13-24(20,21)18-10-6-17(19)15-7-11-23-12-8-15/h2-5,15,17-19H,6-13H2,1H3/t17-/m1/s1. The number of aliphatic hydroxyl groups is 1. The van der Waals surface area contributed by atoms with Crippen LogP contribution in [0.3, 0.4) is 0 Å². The normalized spacial score (nSPS) is 17.6. The summed E-state index contributed by atoms with van der Waals surface area (Å²) in [5.74, 6) is 0.997. The fourth-order valence-electron chi connectivity index (χ4n) is 2.82. The first-order chi connectivity index (χ1) is 11.5. The Morgan fingerprint density at radius 3 is 2.58 bits per heavy atom. The van der Waals surface area contributed by atoms with Gasteiger partial charge in [-0.3, -0.25) is 0 Å². The van der Waals surface area contributed by atoms with E-state index in [1.807, 2.05) is 24.3 Å². The Morgan fingerprint density at radius 1 is 1.29 bits per heavy atom. The summed E-state index contributed by atoms with van der Waals surface area (Å²) in [5.41, 5.74) is 0.948. The Labute approximate surface area is 144 Å². The minimum absolute atomic E-state index is 0.0344. The number of methoxy groups -OCH3 is 1. The topological polar surface area (TPSA) is 84.9 Å². The average molecular weight is 357 g/mol. The molecule has 2 N–H and O–H groups in total. The van der Waals surface area contributed by atoms with Crippen LogP contribution in [0.15, 0.2) is 24.3 Å². The van der Waals surface area contributed by atoms with Crippen molar-refractivity contribution in [3.05, 3.63) is 29.8 Å². The van der Waals surface area contributed by atoms with Crippen molar-refractivity contribution in [2.24, 2.45) is 5.92 Å². The Balaban J connectivity index is 1.70. The highest BCUT2D eigenvalue weighted by Gasteiger charge is 2.22. The number of ether oxygens (including phenoxy) is 2. The maximum atomic E-state index is 12.0. The molecule has 0 aliphatic carbocycles.